The van der Waals surface area contributed by atoms with E-state index in [9.17, 15) is 0 Å². The highest BCUT2D eigenvalue weighted by Crippen LogP contribution is 2.35. The van der Waals surface area contributed by atoms with Crippen LogP contribution in [0.25, 0.3) is 0 Å². The largest absolute Gasteiger partial charge is 0.383 e. The molecule has 0 radical (unpaired) electrons. The van der Waals surface area contributed by atoms with Crippen molar-refractivity contribution < 1.29 is 0 Å². The number of para-hydroxylation sites is 1. The molecule has 16 heavy (non-hydrogen) atoms. The van der Waals surface area contributed by atoms with Crippen LogP contribution in [0.2, 0.25) is 0 Å². The molecule has 1 N–H and O–H groups in total. The van der Waals surface area contributed by atoms with Gasteiger partial charge in [0.25, 0.3) is 0 Å². The van der Waals surface area contributed by atoms with Crippen LogP contribution in [0.15, 0.2) is 18.2 Å². The molecule has 0 saturated carbocycles. The van der Waals surface area contributed by atoms with Crippen LogP contribution in [0.1, 0.15) is 26.3 Å². The minimum Gasteiger partial charge on any atom is -0.383 e. The van der Waals surface area contributed by atoms with Crippen LogP contribution >= 0.6 is 0 Å². The lowest BCUT2D eigenvalue weighted by Crippen LogP contribution is -2.33. The predicted octanol–water partition coefficient (Wildman–Crippen LogP) is 3.14. The van der Waals surface area contributed by atoms with E-state index < -0.39 is 0 Å². The number of nitrogens with one attached hydrogen (secondary N) is 1. The first-order chi connectivity index (χ1) is 7.53. The molecule has 0 bridgehead atoms. The molecule has 1 aromatic rings. The lowest BCUT2D eigenvalue weighted by atomic mass is 9.93. The third-order valence-electron chi connectivity index (χ3n) is 3.30. The van der Waals surface area contributed by atoms with Gasteiger partial charge in [-0.05, 0) is 23.5 Å². The van der Waals surface area contributed by atoms with E-state index in [-0.39, 0.29) is 0 Å². The molecule has 1 aromatic carbocycles. The molecule has 0 unspecified atom stereocenters. The van der Waals surface area contributed by atoms with E-state index in [0.717, 1.165) is 19.5 Å². The number of hydrogen-bond donors (Lipinski definition) is 1. The van der Waals surface area contributed by atoms with E-state index in [1.54, 1.807) is 0 Å². The molecule has 88 valence electrons. The highest BCUT2D eigenvalue weighted by Gasteiger charge is 2.26. The summed E-state index contributed by atoms with van der Waals surface area (Å²) in [4.78, 5) is 2.40. The maximum atomic E-state index is 3.58. The maximum absolute atomic E-state index is 3.58. The van der Waals surface area contributed by atoms with Crippen molar-refractivity contribution in [2.45, 2.75) is 27.2 Å². The maximum Gasteiger partial charge on any atom is 0.0632 e. The van der Waals surface area contributed by atoms with E-state index in [0.29, 0.717) is 5.41 Å². The Bertz CT molecular complexity index is 382. The summed E-state index contributed by atoms with van der Waals surface area (Å²) in [6, 6.07) is 6.57. The van der Waals surface area contributed by atoms with Crippen LogP contribution in [0.4, 0.5) is 11.4 Å². The second kappa shape index (κ2) is 4.00. The van der Waals surface area contributed by atoms with Gasteiger partial charge in [-0.25, -0.2) is 0 Å². The van der Waals surface area contributed by atoms with Gasteiger partial charge >= 0.3 is 0 Å². The van der Waals surface area contributed by atoms with Gasteiger partial charge in [0.15, 0.2) is 0 Å². The first kappa shape index (κ1) is 11.3. The van der Waals surface area contributed by atoms with Gasteiger partial charge in [-0.2, -0.15) is 0 Å². The summed E-state index contributed by atoms with van der Waals surface area (Å²) in [5, 5.41) is 3.58. The molecular formula is C14H22N2. The standard InChI is InChI=1S/C14H22N2/c1-5-11-7-6-8-12-13(11)16(4)10-14(2,3)9-15-12/h6-8,15H,5,9-10H2,1-4H3. The Hall–Kier alpha value is -1.18. The van der Waals surface area contributed by atoms with Crippen molar-refractivity contribution in [2.75, 3.05) is 30.4 Å². The Morgan fingerprint density at radius 3 is 2.81 bits per heavy atom. The zero-order valence-electron chi connectivity index (χ0n) is 10.8. The van der Waals surface area contributed by atoms with Crippen LogP contribution in [0.5, 0.6) is 0 Å². The fourth-order valence-corrected chi connectivity index (χ4v) is 2.58. The average Bonchev–Trinajstić information content (AvgIpc) is 2.35. The van der Waals surface area contributed by atoms with Gasteiger partial charge in [0.2, 0.25) is 0 Å². The minimum absolute atomic E-state index is 0.318. The average molecular weight is 218 g/mol. The van der Waals surface area contributed by atoms with Crippen molar-refractivity contribution in [2.24, 2.45) is 5.41 Å². The lowest BCUT2D eigenvalue weighted by molar-refractivity contribution is 0.402. The van der Waals surface area contributed by atoms with Crippen molar-refractivity contribution in [1.82, 2.24) is 0 Å². The van der Waals surface area contributed by atoms with Gasteiger partial charge in [0.1, 0.15) is 0 Å². The molecule has 1 aliphatic rings. The third-order valence-corrected chi connectivity index (χ3v) is 3.30. The zero-order chi connectivity index (χ0) is 11.8. The molecule has 1 aliphatic heterocycles. The van der Waals surface area contributed by atoms with Crippen molar-refractivity contribution in [1.29, 1.82) is 0 Å². The van der Waals surface area contributed by atoms with Crippen LogP contribution < -0.4 is 10.2 Å². The number of benzene rings is 1. The smallest absolute Gasteiger partial charge is 0.0632 e. The first-order valence-electron chi connectivity index (χ1n) is 6.10. The summed E-state index contributed by atoms with van der Waals surface area (Å²) in [6.45, 7) is 8.99. The van der Waals surface area contributed by atoms with E-state index >= 15 is 0 Å². The number of aryl methyl sites for hydroxylation is 1. The minimum atomic E-state index is 0.318. The molecule has 2 heteroatoms. The Morgan fingerprint density at radius 2 is 2.12 bits per heavy atom. The predicted molar refractivity (Wildman–Crippen MR) is 71.4 cm³/mol. The topological polar surface area (TPSA) is 15.3 Å². The van der Waals surface area contributed by atoms with Crippen molar-refractivity contribution in [3.8, 4) is 0 Å². The fraction of sp³-hybridized carbons (Fsp3) is 0.571. The molecular weight excluding hydrogens is 196 g/mol. The summed E-state index contributed by atoms with van der Waals surface area (Å²) in [7, 11) is 2.20. The molecule has 2 nitrogen and oxygen atoms in total. The summed E-state index contributed by atoms with van der Waals surface area (Å²) >= 11 is 0. The second-order valence-corrected chi connectivity index (χ2v) is 5.54. The van der Waals surface area contributed by atoms with Gasteiger partial charge in [-0.1, -0.05) is 32.9 Å². The van der Waals surface area contributed by atoms with Crippen molar-refractivity contribution in [3.63, 3.8) is 0 Å². The van der Waals surface area contributed by atoms with Crippen molar-refractivity contribution >= 4 is 11.4 Å². The van der Waals surface area contributed by atoms with Crippen LogP contribution in [0.3, 0.4) is 0 Å². The second-order valence-electron chi connectivity index (χ2n) is 5.54. The van der Waals surface area contributed by atoms with Gasteiger partial charge < -0.3 is 10.2 Å². The van der Waals surface area contributed by atoms with Crippen molar-refractivity contribution in [3.05, 3.63) is 23.8 Å². The van der Waals surface area contributed by atoms with Gasteiger partial charge in [0, 0.05) is 20.1 Å². The zero-order valence-corrected chi connectivity index (χ0v) is 10.8. The van der Waals surface area contributed by atoms with E-state index in [1.165, 1.54) is 16.9 Å². The van der Waals surface area contributed by atoms with Crippen LogP contribution in [-0.2, 0) is 6.42 Å². The van der Waals surface area contributed by atoms with Gasteiger partial charge in [0.05, 0.1) is 11.4 Å². The van der Waals surface area contributed by atoms with Gasteiger partial charge in [-0.3, -0.25) is 0 Å². The lowest BCUT2D eigenvalue weighted by Gasteiger charge is -2.28. The summed E-state index contributed by atoms with van der Waals surface area (Å²) < 4.78 is 0. The summed E-state index contributed by atoms with van der Waals surface area (Å²) in [6.07, 6.45) is 1.09. The molecule has 0 amide bonds. The number of anilines is 2. The number of hydrogen-bond acceptors (Lipinski definition) is 2. The van der Waals surface area contributed by atoms with Crippen LogP contribution in [-0.4, -0.2) is 20.1 Å². The third kappa shape index (κ3) is 2.01. The Morgan fingerprint density at radius 1 is 1.38 bits per heavy atom. The fourth-order valence-electron chi connectivity index (χ4n) is 2.58. The Kier molecular flexibility index (Phi) is 2.83. The normalized spacial score (nSPS) is 18.6. The molecule has 1 heterocycles. The molecule has 0 aromatic heterocycles. The first-order valence-corrected chi connectivity index (χ1v) is 6.10. The Balaban J connectivity index is 2.45. The molecule has 0 atom stereocenters. The van der Waals surface area contributed by atoms with E-state index in [2.05, 4.69) is 56.2 Å². The number of nitrogens with zero attached hydrogens (tertiary/aromatic N) is 1. The quantitative estimate of drug-likeness (QED) is 0.779. The molecule has 0 aliphatic carbocycles. The molecule has 2 rings (SSSR count). The Labute approximate surface area is 98.7 Å². The summed E-state index contributed by atoms with van der Waals surface area (Å²) in [5.74, 6) is 0. The monoisotopic (exact) mass is 218 g/mol. The van der Waals surface area contributed by atoms with E-state index in [1.807, 2.05) is 0 Å². The van der Waals surface area contributed by atoms with Gasteiger partial charge in [-0.15, -0.1) is 0 Å². The SMILES string of the molecule is CCc1cccc2c1N(C)CC(C)(C)CN2. The summed E-state index contributed by atoms with van der Waals surface area (Å²) in [5.41, 5.74) is 4.42. The van der Waals surface area contributed by atoms with E-state index in [4.69, 9.17) is 0 Å². The highest BCUT2D eigenvalue weighted by atomic mass is 15.2. The van der Waals surface area contributed by atoms with Crippen LogP contribution in [0, 0.1) is 5.41 Å². The highest BCUT2D eigenvalue weighted by molar-refractivity contribution is 5.74. The molecule has 0 fully saturated rings. The molecule has 0 spiro atoms. The number of fused-ring (bicyclic) bond motifs is 1. The molecule has 0 saturated heterocycles. The number of rotatable bonds is 1.